The number of nitrogens with one attached hydrogen (secondary N) is 2. The molecule has 0 fully saturated rings. The van der Waals surface area contributed by atoms with Crippen LogP contribution in [0.25, 0.3) is 0 Å². The van der Waals surface area contributed by atoms with Crippen molar-refractivity contribution in [3.8, 4) is 0 Å². The molecule has 0 spiro atoms. The van der Waals surface area contributed by atoms with Gasteiger partial charge in [-0.15, -0.1) is 10.2 Å². The van der Waals surface area contributed by atoms with Gasteiger partial charge in [-0.1, -0.05) is 52.7 Å². The van der Waals surface area contributed by atoms with Gasteiger partial charge in [-0.05, 0) is 49.4 Å². The molecule has 0 aliphatic rings. The summed E-state index contributed by atoms with van der Waals surface area (Å²) >= 11 is 13.0. The second-order valence-electron chi connectivity index (χ2n) is 6.04. The van der Waals surface area contributed by atoms with Crippen molar-refractivity contribution in [3.05, 3.63) is 75.8 Å². The van der Waals surface area contributed by atoms with Crippen LogP contribution in [0.15, 0.2) is 59.6 Å². The Morgan fingerprint density at radius 2 is 1.69 bits per heavy atom. The Balaban J connectivity index is 1.50. The van der Waals surface area contributed by atoms with Gasteiger partial charge in [-0.3, -0.25) is 9.59 Å². The molecule has 2 N–H and O–H groups in total. The summed E-state index contributed by atoms with van der Waals surface area (Å²) in [5, 5.41) is 14.8. The van der Waals surface area contributed by atoms with Gasteiger partial charge in [0.1, 0.15) is 5.03 Å². The van der Waals surface area contributed by atoms with Gasteiger partial charge in [0.05, 0.1) is 15.8 Å². The average Bonchev–Trinajstić information content (AvgIpc) is 2.71. The van der Waals surface area contributed by atoms with E-state index in [0.29, 0.717) is 32.1 Å². The number of thioether (sulfide) groups is 1. The van der Waals surface area contributed by atoms with Crippen LogP contribution in [-0.4, -0.2) is 27.8 Å². The van der Waals surface area contributed by atoms with Crippen LogP contribution in [-0.2, 0) is 4.79 Å². The lowest BCUT2D eigenvalue weighted by molar-refractivity contribution is -0.113. The largest absolute Gasteiger partial charge is 0.325 e. The molecule has 0 radical (unpaired) electrons. The highest BCUT2D eigenvalue weighted by Gasteiger charge is 2.09. The quantitative estimate of drug-likeness (QED) is 0.516. The van der Waals surface area contributed by atoms with Crippen molar-refractivity contribution in [1.82, 2.24) is 10.2 Å². The third kappa shape index (κ3) is 6.19. The van der Waals surface area contributed by atoms with Gasteiger partial charge in [-0.25, -0.2) is 0 Å². The summed E-state index contributed by atoms with van der Waals surface area (Å²) in [4.78, 5) is 24.3. The van der Waals surface area contributed by atoms with Crippen LogP contribution in [0.2, 0.25) is 10.0 Å². The van der Waals surface area contributed by atoms with Crippen LogP contribution in [0.5, 0.6) is 0 Å². The standard InChI is InChI=1S/C20H16Cl2N4O2S/c1-12-2-4-13(5-3-12)20(28)24-17-8-9-19(26-25-17)29-11-18(27)23-14-6-7-15(21)16(22)10-14/h2-10H,11H2,1H3,(H,23,27)(H,24,25,28). The molecule has 3 rings (SSSR count). The molecule has 29 heavy (non-hydrogen) atoms. The van der Waals surface area contributed by atoms with Gasteiger partial charge >= 0.3 is 0 Å². The summed E-state index contributed by atoms with van der Waals surface area (Å²) < 4.78 is 0. The van der Waals surface area contributed by atoms with Crippen molar-refractivity contribution in [2.45, 2.75) is 11.9 Å². The van der Waals surface area contributed by atoms with E-state index in [1.54, 1.807) is 42.5 Å². The molecule has 0 aliphatic carbocycles. The lowest BCUT2D eigenvalue weighted by atomic mass is 10.1. The molecular weight excluding hydrogens is 431 g/mol. The third-order valence-electron chi connectivity index (χ3n) is 3.75. The van der Waals surface area contributed by atoms with E-state index >= 15 is 0 Å². The maximum atomic E-state index is 12.2. The van der Waals surface area contributed by atoms with E-state index in [9.17, 15) is 9.59 Å². The van der Waals surface area contributed by atoms with Crippen LogP contribution in [0.4, 0.5) is 11.5 Å². The molecule has 148 valence electrons. The zero-order chi connectivity index (χ0) is 20.8. The van der Waals surface area contributed by atoms with Crippen molar-refractivity contribution in [2.75, 3.05) is 16.4 Å². The second kappa shape index (κ2) is 9.73. The number of amides is 2. The van der Waals surface area contributed by atoms with Gasteiger partial charge in [-0.2, -0.15) is 0 Å². The number of benzene rings is 2. The first-order valence-electron chi connectivity index (χ1n) is 8.50. The number of carbonyl (C=O) groups is 2. The van der Waals surface area contributed by atoms with E-state index in [1.165, 1.54) is 11.8 Å². The number of hydrogen-bond donors (Lipinski definition) is 2. The molecule has 2 amide bonds. The molecule has 3 aromatic rings. The van der Waals surface area contributed by atoms with Crippen molar-refractivity contribution in [3.63, 3.8) is 0 Å². The van der Waals surface area contributed by atoms with Crippen LogP contribution in [0.3, 0.4) is 0 Å². The Morgan fingerprint density at radius 3 is 2.34 bits per heavy atom. The highest BCUT2D eigenvalue weighted by molar-refractivity contribution is 7.99. The fraction of sp³-hybridized carbons (Fsp3) is 0.100. The second-order valence-corrected chi connectivity index (χ2v) is 7.85. The topological polar surface area (TPSA) is 84.0 Å². The van der Waals surface area contributed by atoms with Crippen molar-refractivity contribution in [2.24, 2.45) is 0 Å². The zero-order valence-electron chi connectivity index (χ0n) is 15.3. The normalized spacial score (nSPS) is 10.4. The Morgan fingerprint density at radius 1 is 0.931 bits per heavy atom. The predicted molar refractivity (Wildman–Crippen MR) is 117 cm³/mol. The Labute approximate surface area is 182 Å². The van der Waals surface area contributed by atoms with E-state index < -0.39 is 0 Å². The van der Waals surface area contributed by atoms with Crippen LogP contribution < -0.4 is 10.6 Å². The smallest absolute Gasteiger partial charge is 0.256 e. The summed E-state index contributed by atoms with van der Waals surface area (Å²) in [7, 11) is 0. The molecule has 2 aromatic carbocycles. The molecule has 0 atom stereocenters. The van der Waals surface area contributed by atoms with Gasteiger partial charge in [0.25, 0.3) is 5.91 Å². The van der Waals surface area contributed by atoms with E-state index in [4.69, 9.17) is 23.2 Å². The number of halogens is 2. The number of hydrogen-bond acceptors (Lipinski definition) is 5. The van der Waals surface area contributed by atoms with Gasteiger partial charge < -0.3 is 10.6 Å². The maximum absolute atomic E-state index is 12.2. The van der Waals surface area contributed by atoms with Crippen molar-refractivity contribution in [1.29, 1.82) is 0 Å². The Bertz CT molecular complexity index is 1030. The third-order valence-corrected chi connectivity index (χ3v) is 5.41. The number of nitrogens with zero attached hydrogens (tertiary/aromatic N) is 2. The summed E-state index contributed by atoms with van der Waals surface area (Å²) in [6.07, 6.45) is 0. The maximum Gasteiger partial charge on any atom is 0.256 e. The molecule has 0 aliphatic heterocycles. The zero-order valence-corrected chi connectivity index (χ0v) is 17.6. The lowest BCUT2D eigenvalue weighted by Crippen LogP contribution is -2.14. The minimum atomic E-state index is -0.263. The van der Waals surface area contributed by atoms with Crippen LogP contribution in [0, 0.1) is 6.92 Å². The lowest BCUT2D eigenvalue weighted by Gasteiger charge is -2.07. The molecule has 0 saturated carbocycles. The molecule has 1 heterocycles. The number of rotatable bonds is 6. The first-order chi connectivity index (χ1) is 13.9. The van der Waals surface area contributed by atoms with Crippen molar-refractivity contribution < 1.29 is 9.59 Å². The van der Waals surface area contributed by atoms with Crippen LogP contribution in [0.1, 0.15) is 15.9 Å². The number of aryl methyl sites for hydroxylation is 1. The van der Waals surface area contributed by atoms with E-state index in [0.717, 1.165) is 5.56 Å². The Hall–Kier alpha value is -2.61. The van der Waals surface area contributed by atoms with Crippen molar-refractivity contribution >= 4 is 58.3 Å². The first-order valence-corrected chi connectivity index (χ1v) is 10.2. The van der Waals surface area contributed by atoms with Crippen LogP contribution >= 0.6 is 35.0 Å². The van der Waals surface area contributed by atoms with Gasteiger partial charge in [0.2, 0.25) is 5.91 Å². The van der Waals surface area contributed by atoms with E-state index in [-0.39, 0.29) is 17.6 Å². The number of anilines is 2. The number of aromatic nitrogens is 2. The molecule has 9 heteroatoms. The monoisotopic (exact) mass is 446 g/mol. The summed E-state index contributed by atoms with van der Waals surface area (Å²) in [6, 6.07) is 15.4. The summed E-state index contributed by atoms with van der Waals surface area (Å²) in [5.41, 5.74) is 2.17. The highest BCUT2D eigenvalue weighted by Crippen LogP contribution is 2.25. The SMILES string of the molecule is Cc1ccc(C(=O)Nc2ccc(SCC(=O)Nc3ccc(Cl)c(Cl)c3)nn2)cc1. The Kier molecular flexibility index (Phi) is 7.09. The molecule has 0 unspecified atom stereocenters. The fourth-order valence-corrected chi connectivity index (χ4v) is 3.18. The average molecular weight is 447 g/mol. The minimum absolute atomic E-state index is 0.143. The molecule has 0 bridgehead atoms. The van der Waals surface area contributed by atoms with E-state index in [1.807, 2.05) is 19.1 Å². The van der Waals surface area contributed by atoms with Gasteiger partial charge in [0, 0.05) is 11.3 Å². The van der Waals surface area contributed by atoms with Gasteiger partial charge in [0.15, 0.2) is 5.82 Å². The summed E-state index contributed by atoms with van der Waals surface area (Å²) in [6.45, 7) is 1.95. The first kappa shape index (κ1) is 21.1. The summed E-state index contributed by atoms with van der Waals surface area (Å²) in [5.74, 6) is -0.00267. The molecular formula is C20H16Cl2N4O2S. The molecule has 6 nitrogen and oxygen atoms in total. The molecule has 1 aromatic heterocycles. The van der Waals surface area contributed by atoms with E-state index in [2.05, 4.69) is 20.8 Å². The highest BCUT2D eigenvalue weighted by atomic mass is 35.5. The minimum Gasteiger partial charge on any atom is -0.325 e. The fourth-order valence-electron chi connectivity index (χ4n) is 2.27. The predicted octanol–water partition coefficient (Wildman–Crippen LogP) is 5.07. The number of carbonyl (C=O) groups excluding carboxylic acids is 2. The molecule has 0 saturated heterocycles.